The number of halogens is 3. The number of rotatable bonds is 7. The summed E-state index contributed by atoms with van der Waals surface area (Å²) in [5, 5.41) is 2.48. The summed E-state index contributed by atoms with van der Waals surface area (Å²) >= 11 is 0. The van der Waals surface area contributed by atoms with Crippen molar-refractivity contribution in [3.05, 3.63) is 90.0 Å². The zero-order valence-corrected chi connectivity index (χ0v) is 15.3. The Morgan fingerprint density at radius 2 is 1.52 bits per heavy atom. The van der Waals surface area contributed by atoms with Crippen molar-refractivity contribution >= 4 is 11.6 Å². The second-order valence-corrected chi connectivity index (χ2v) is 6.04. The number of alkyl halides is 3. The number of benzene rings is 3. The van der Waals surface area contributed by atoms with Crippen LogP contribution in [0.15, 0.2) is 78.9 Å². The van der Waals surface area contributed by atoms with E-state index in [0.717, 1.165) is 12.1 Å². The van der Waals surface area contributed by atoms with Crippen LogP contribution in [-0.4, -0.2) is 19.1 Å². The van der Waals surface area contributed by atoms with Crippen molar-refractivity contribution in [2.24, 2.45) is 0 Å². The molecule has 0 heterocycles. The minimum atomic E-state index is -4.49. The Bertz CT molecular complexity index is 959. The fraction of sp³-hybridized carbons (Fsp3) is 0.136. The molecule has 1 N–H and O–H groups in total. The van der Waals surface area contributed by atoms with Crippen LogP contribution in [-0.2, 0) is 6.18 Å². The minimum absolute atomic E-state index is 0.0482. The van der Waals surface area contributed by atoms with Gasteiger partial charge in [-0.1, -0.05) is 36.4 Å². The molecule has 0 aliphatic heterocycles. The average Bonchev–Trinajstić information content (AvgIpc) is 2.72. The molecular formula is C22H18F3NO3. The highest BCUT2D eigenvalue weighted by molar-refractivity contribution is 6.06. The summed E-state index contributed by atoms with van der Waals surface area (Å²) in [6, 6.07) is 20.2. The third-order valence-electron chi connectivity index (χ3n) is 3.93. The number of carbonyl (C=O) groups excluding carboxylic acids is 1. The summed E-state index contributed by atoms with van der Waals surface area (Å²) in [6.07, 6.45) is -4.49. The van der Waals surface area contributed by atoms with E-state index < -0.39 is 17.6 Å². The second-order valence-electron chi connectivity index (χ2n) is 6.04. The zero-order valence-electron chi connectivity index (χ0n) is 15.3. The number of ether oxygens (including phenoxy) is 2. The minimum Gasteiger partial charge on any atom is -0.490 e. The summed E-state index contributed by atoms with van der Waals surface area (Å²) < 4.78 is 49.7. The van der Waals surface area contributed by atoms with Crippen LogP contribution in [0.5, 0.6) is 11.5 Å². The first-order chi connectivity index (χ1) is 13.9. The van der Waals surface area contributed by atoms with Crippen molar-refractivity contribution in [1.82, 2.24) is 0 Å². The molecule has 1 amide bonds. The highest BCUT2D eigenvalue weighted by Crippen LogP contribution is 2.31. The van der Waals surface area contributed by atoms with Gasteiger partial charge in [-0.3, -0.25) is 4.79 Å². The highest BCUT2D eigenvalue weighted by Gasteiger charge is 2.30. The maximum atomic E-state index is 12.8. The van der Waals surface area contributed by atoms with Gasteiger partial charge in [-0.2, -0.15) is 13.2 Å². The fourth-order valence-corrected chi connectivity index (χ4v) is 2.58. The van der Waals surface area contributed by atoms with Gasteiger partial charge in [-0.25, -0.2) is 0 Å². The van der Waals surface area contributed by atoms with Gasteiger partial charge in [0.2, 0.25) is 0 Å². The predicted molar refractivity (Wildman–Crippen MR) is 103 cm³/mol. The molecule has 3 aromatic rings. The van der Waals surface area contributed by atoms with E-state index in [1.165, 1.54) is 18.2 Å². The quantitative estimate of drug-likeness (QED) is 0.538. The lowest BCUT2D eigenvalue weighted by Crippen LogP contribution is -2.16. The molecule has 7 heteroatoms. The topological polar surface area (TPSA) is 47.6 Å². The van der Waals surface area contributed by atoms with Crippen molar-refractivity contribution in [3.63, 3.8) is 0 Å². The largest absolute Gasteiger partial charge is 0.490 e. The third kappa shape index (κ3) is 5.75. The molecule has 3 rings (SSSR count). The Morgan fingerprint density at radius 1 is 0.828 bits per heavy atom. The molecule has 0 bridgehead atoms. The molecule has 0 saturated carbocycles. The average molecular weight is 401 g/mol. The van der Waals surface area contributed by atoms with E-state index >= 15 is 0 Å². The first kappa shape index (κ1) is 20.3. The van der Waals surface area contributed by atoms with Crippen molar-refractivity contribution in [1.29, 1.82) is 0 Å². The fourth-order valence-electron chi connectivity index (χ4n) is 2.58. The number of hydrogen-bond donors (Lipinski definition) is 1. The zero-order chi connectivity index (χ0) is 20.7. The molecule has 0 aliphatic rings. The summed E-state index contributed by atoms with van der Waals surface area (Å²) in [5.41, 5.74) is -0.574. The van der Waals surface area contributed by atoms with Crippen LogP contribution in [0.4, 0.5) is 18.9 Å². The van der Waals surface area contributed by atoms with Gasteiger partial charge >= 0.3 is 6.18 Å². The number of anilines is 1. The maximum Gasteiger partial charge on any atom is 0.416 e. The first-order valence-electron chi connectivity index (χ1n) is 8.82. The molecule has 0 aliphatic carbocycles. The van der Waals surface area contributed by atoms with Crippen LogP contribution in [0.3, 0.4) is 0 Å². The maximum absolute atomic E-state index is 12.8. The molecule has 0 spiro atoms. The number of nitrogens with one attached hydrogen (secondary N) is 1. The van der Waals surface area contributed by atoms with Crippen LogP contribution < -0.4 is 14.8 Å². The Balaban J connectivity index is 1.63. The van der Waals surface area contributed by atoms with Gasteiger partial charge in [0.25, 0.3) is 5.91 Å². The van der Waals surface area contributed by atoms with Crippen LogP contribution >= 0.6 is 0 Å². The van der Waals surface area contributed by atoms with Gasteiger partial charge in [0.1, 0.15) is 24.7 Å². The van der Waals surface area contributed by atoms with Crippen LogP contribution in [0.2, 0.25) is 0 Å². The lowest BCUT2D eigenvalue weighted by atomic mass is 10.1. The molecule has 150 valence electrons. The summed E-state index contributed by atoms with van der Waals surface area (Å²) in [7, 11) is 0. The van der Waals surface area contributed by atoms with E-state index in [1.54, 1.807) is 18.2 Å². The molecular weight excluding hydrogens is 383 g/mol. The number of carbonyl (C=O) groups is 1. The Morgan fingerprint density at radius 3 is 2.28 bits per heavy atom. The summed E-state index contributed by atoms with van der Waals surface area (Å²) in [4.78, 5) is 12.5. The monoisotopic (exact) mass is 401 g/mol. The van der Waals surface area contributed by atoms with Gasteiger partial charge in [0, 0.05) is 5.69 Å². The number of amides is 1. The van der Waals surface area contributed by atoms with Gasteiger partial charge < -0.3 is 14.8 Å². The third-order valence-corrected chi connectivity index (χ3v) is 3.93. The summed E-state index contributed by atoms with van der Waals surface area (Å²) in [5.74, 6) is 0.448. The smallest absolute Gasteiger partial charge is 0.416 e. The molecule has 3 aromatic carbocycles. The van der Waals surface area contributed by atoms with Gasteiger partial charge in [0.05, 0.1) is 11.1 Å². The number of para-hydroxylation sites is 2. The van der Waals surface area contributed by atoms with E-state index in [4.69, 9.17) is 9.47 Å². The molecule has 0 aromatic heterocycles. The summed E-state index contributed by atoms with van der Waals surface area (Å²) in [6.45, 7) is 0.469. The van der Waals surface area contributed by atoms with Gasteiger partial charge in [-0.15, -0.1) is 0 Å². The first-order valence-corrected chi connectivity index (χ1v) is 8.82. The highest BCUT2D eigenvalue weighted by atomic mass is 19.4. The normalized spacial score (nSPS) is 11.0. The Hall–Kier alpha value is -3.48. The molecule has 0 fully saturated rings. The van der Waals surface area contributed by atoms with E-state index in [-0.39, 0.29) is 24.5 Å². The molecule has 0 unspecified atom stereocenters. The van der Waals surface area contributed by atoms with E-state index in [0.29, 0.717) is 11.5 Å². The molecule has 0 radical (unpaired) electrons. The lowest BCUT2D eigenvalue weighted by molar-refractivity contribution is -0.137. The van der Waals surface area contributed by atoms with Crippen LogP contribution in [0.1, 0.15) is 15.9 Å². The van der Waals surface area contributed by atoms with Crippen LogP contribution in [0, 0.1) is 0 Å². The van der Waals surface area contributed by atoms with Crippen LogP contribution in [0.25, 0.3) is 0 Å². The van der Waals surface area contributed by atoms with E-state index in [9.17, 15) is 18.0 Å². The van der Waals surface area contributed by atoms with E-state index in [2.05, 4.69) is 5.32 Å². The van der Waals surface area contributed by atoms with E-state index in [1.807, 2.05) is 30.3 Å². The predicted octanol–water partition coefficient (Wildman–Crippen LogP) is 5.42. The standard InChI is InChI=1S/C22H18F3NO3/c23-22(24,25)16-7-6-8-17(15-16)26-21(27)19-11-4-5-12-20(19)29-14-13-28-18-9-2-1-3-10-18/h1-12,15H,13-14H2,(H,26,27). The van der Waals surface area contributed by atoms with Crippen molar-refractivity contribution in [3.8, 4) is 11.5 Å². The molecule has 0 atom stereocenters. The van der Waals surface area contributed by atoms with Crippen molar-refractivity contribution in [2.75, 3.05) is 18.5 Å². The van der Waals surface area contributed by atoms with Crippen molar-refractivity contribution < 1.29 is 27.4 Å². The Labute approximate surface area is 165 Å². The molecule has 4 nitrogen and oxygen atoms in total. The second kappa shape index (κ2) is 9.14. The Kier molecular flexibility index (Phi) is 6.39. The lowest BCUT2D eigenvalue weighted by Gasteiger charge is -2.13. The molecule has 0 saturated heterocycles. The molecule has 29 heavy (non-hydrogen) atoms. The SMILES string of the molecule is O=C(Nc1cccc(C(F)(F)F)c1)c1ccccc1OCCOc1ccccc1. The van der Waals surface area contributed by atoms with Gasteiger partial charge in [-0.05, 0) is 42.5 Å². The van der Waals surface area contributed by atoms with Gasteiger partial charge in [0.15, 0.2) is 0 Å². The van der Waals surface area contributed by atoms with Crippen molar-refractivity contribution in [2.45, 2.75) is 6.18 Å². The number of hydrogen-bond acceptors (Lipinski definition) is 3.